The molecule has 5 rings (SSSR count). The van der Waals surface area contributed by atoms with Gasteiger partial charge in [0.2, 0.25) is 12.7 Å². The van der Waals surface area contributed by atoms with Crippen LogP contribution in [0.15, 0.2) is 47.6 Å². The highest BCUT2D eigenvalue weighted by atomic mass is 32.2. The van der Waals surface area contributed by atoms with Crippen molar-refractivity contribution in [2.24, 2.45) is 0 Å². The van der Waals surface area contributed by atoms with E-state index in [1.54, 1.807) is 12.1 Å². The summed E-state index contributed by atoms with van der Waals surface area (Å²) in [4.78, 5) is 12.8. The SMILES string of the molecule is CC(Sc1nnc(-c2ccc(F)cc2)n1CC1CCCO1)C(=O)NCc1ccc2c(c1)OCO2. The van der Waals surface area contributed by atoms with Gasteiger partial charge in [-0.15, -0.1) is 10.2 Å². The molecule has 3 aromatic rings. The van der Waals surface area contributed by atoms with Crippen LogP contribution in [0.2, 0.25) is 0 Å². The number of hydrogen-bond donors (Lipinski definition) is 1. The van der Waals surface area contributed by atoms with Gasteiger partial charge in [-0.3, -0.25) is 9.36 Å². The van der Waals surface area contributed by atoms with Gasteiger partial charge >= 0.3 is 0 Å². The van der Waals surface area contributed by atoms with Crippen LogP contribution in [-0.4, -0.2) is 45.4 Å². The van der Waals surface area contributed by atoms with E-state index in [0.717, 1.165) is 30.6 Å². The molecule has 2 unspecified atom stereocenters. The van der Waals surface area contributed by atoms with Crippen LogP contribution >= 0.6 is 11.8 Å². The standard InChI is InChI=1S/C24H25FN4O4S/c1-15(23(30)26-12-16-4-9-20-21(11-16)33-14-32-20)34-24-28-27-22(17-5-7-18(25)8-6-17)29(24)13-19-3-2-10-31-19/h4-9,11,15,19H,2-3,10,12-14H2,1H3,(H,26,30). The van der Waals surface area contributed by atoms with Crippen molar-refractivity contribution in [1.29, 1.82) is 0 Å². The number of carbonyl (C=O) groups is 1. The van der Waals surface area contributed by atoms with Gasteiger partial charge in [0, 0.05) is 18.7 Å². The number of ether oxygens (including phenoxy) is 3. The van der Waals surface area contributed by atoms with Crippen molar-refractivity contribution >= 4 is 17.7 Å². The van der Waals surface area contributed by atoms with Crippen LogP contribution in [0.4, 0.5) is 4.39 Å². The molecule has 3 heterocycles. The van der Waals surface area contributed by atoms with Crippen molar-refractivity contribution in [1.82, 2.24) is 20.1 Å². The molecule has 1 amide bonds. The lowest BCUT2D eigenvalue weighted by Gasteiger charge is -2.16. The number of nitrogens with one attached hydrogen (secondary N) is 1. The van der Waals surface area contributed by atoms with Crippen LogP contribution in [0.25, 0.3) is 11.4 Å². The number of thioether (sulfide) groups is 1. The van der Waals surface area contributed by atoms with E-state index < -0.39 is 5.25 Å². The minimum atomic E-state index is -0.400. The zero-order chi connectivity index (χ0) is 23.5. The van der Waals surface area contributed by atoms with Gasteiger partial charge in [0.25, 0.3) is 0 Å². The Hall–Kier alpha value is -3.11. The maximum Gasteiger partial charge on any atom is 0.233 e. The molecule has 10 heteroatoms. The second kappa shape index (κ2) is 10.0. The lowest BCUT2D eigenvalue weighted by atomic mass is 10.2. The van der Waals surface area contributed by atoms with Gasteiger partial charge < -0.3 is 19.5 Å². The van der Waals surface area contributed by atoms with Gasteiger partial charge in [0.05, 0.1) is 17.9 Å². The summed E-state index contributed by atoms with van der Waals surface area (Å²) in [5.41, 5.74) is 1.69. The number of nitrogens with zero attached hydrogens (tertiary/aromatic N) is 3. The highest BCUT2D eigenvalue weighted by Gasteiger charge is 2.25. The molecule has 1 N–H and O–H groups in total. The summed E-state index contributed by atoms with van der Waals surface area (Å²) in [6, 6.07) is 11.8. The molecule has 1 aromatic heterocycles. The maximum absolute atomic E-state index is 13.4. The molecule has 2 atom stereocenters. The molecule has 0 aliphatic carbocycles. The van der Waals surface area contributed by atoms with Crippen molar-refractivity contribution in [3.8, 4) is 22.9 Å². The van der Waals surface area contributed by atoms with Crippen molar-refractivity contribution in [2.75, 3.05) is 13.4 Å². The fourth-order valence-electron chi connectivity index (χ4n) is 3.94. The molecule has 0 spiro atoms. The van der Waals surface area contributed by atoms with Crippen LogP contribution in [0.5, 0.6) is 11.5 Å². The van der Waals surface area contributed by atoms with E-state index >= 15 is 0 Å². The quantitative estimate of drug-likeness (QED) is 0.487. The first-order chi connectivity index (χ1) is 16.6. The Bertz CT molecular complexity index is 1160. The summed E-state index contributed by atoms with van der Waals surface area (Å²) in [7, 11) is 0. The fourth-order valence-corrected chi connectivity index (χ4v) is 4.82. The highest BCUT2D eigenvalue weighted by molar-refractivity contribution is 8.00. The van der Waals surface area contributed by atoms with Crippen LogP contribution in [0.3, 0.4) is 0 Å². The summed E-state index contributed by atoms with van der Waals surface area (Å²) in [5.74, 6) is 1.60. The molecule has 0 bridgehead atoms. The first-order valence-corrected chi connectivity index (χ1v) is 12.1. The number of carbonyl (C=O) groups excluding carboxylic acids is 1. The van der Waals surface area contributed by atoms with Gasteiger partial charge in [-0.2, -0.15) is 0 Å². The summed E-state index contributed by atoms with van der Waals surface area (Å²) in [6.07, 6.45) is 2.03. The van der Waals surface area contributed by atoms with E-state index in [0.29, 0.717) is 35.6 Å². The maximum atomic E-state index is 13.4. The van der Waals surface area contributed by atoms with E-state index in [9.17, 15) is 9.18 Å². The second-order valence-corrected chi connectivity index (χ2v) is 9.53. The number of rotatable bonds is 8. The Morgan fingerprint density at radius 3 is 2.82 bits per heavy atom. The zero-order valence-corrected chi connectivity index (χ0v) is 19.5. The third kappa shape index (κ3) is 5.02. The normalized spacial score (nSPS) is 17.6. The number of amides is 1. The smallest absolute Gasteiger partial charge is 0.233 e. The summed E-state index contributed by atoms with van der Waals surface area (Å²) in [6.45, 7) is 3.74. The fraction of sp³-hybridized carbons (Fsp3) is 0.375. The molecule has 2 aromatic carbocycles. The Morgan fingerprint density at radius 1 is 1.21 bits per heavy atom. The Balaban J connectivity index is 1.28. The number of halogens is 1. The average Bonchev–Trinajstić information content (AvgIpc) is 3.60. The molecule has 2 aliphatic rings. The van der Waals surface area contributed by atoms with Crippen LogP contribution < -0.4 is 14.8 Å². The zero-order valence-electron chi connectivity index (χ0n) is 18.7. The highest BCUT2D eigenvalue weighted by Crippen LogP contribution is 2.33. The Kier molecular flexibility index (Phi) is 6.68. The van der Waals surface area contributed by atoms with E-state index in [1.165, 1.54) is 23.9 Å². The third-order valence-electron chi connectivity index (χ3n) is 5.78. The molecule has 1 fully saturated rings. The van der Waals surface area contributed by atoms with Crippen molar-refractivity contribution in [2.45, 2.75) is 49.4 Å². The summed E-state index contributed by atoms with van der Waals surface area (Å²) in [5, 5.41) is 11.9. The van der Waals surface area contributed by atoms with Gasteiger partial charge in [0.1, 0.15) is 5.82 Å². The molecule has 1 saturated heterocycles. The van der Waals surface area contributed by atoms with Crippen molar-refractivity contribution in [3.63, 3.8) is 0 Å². The molecular formula is C24H25FN4O4S. The molecule has 0 radical (unpaired) electrons. The van der Waals surface area contributed by atoms with Crippen LogP contribution in [0.1, 0.15) is 25.3 Å². The number of benzene rings is 2. The Labute approximate surface area is 200 Å². The predicted octanol–water partition coefficient (Wildman–Crippen LogP) is 3.79. The van der Waals surface area contributed by atoms with E-state index in [-0.39, 0.29) is 24.6 Å². The molecular weight excluding hydrogens is 459 g/mol. The second-order valence-electron chi connectivity index (χ2n) is 8.22. The number of fused-ring (bicyclic) bond motifs is 1. The first-order valence-electron chi connectivity index (χ1n) is 11.2. The Morgan fingerprint density at radius 2 is 2.03 bits per heavy atom. The van der Waals surface area contributed by atoms with Gasteiger partial charge in [0.15, 0.2) is 22.5 Å². The molecule has 2 aliphatic heterocycles. The van der Waals surface area contributed by atoms with E-state index in [2.05, 4.69) is 15.5 Å². The molecule has 8 nitrogen and oxygen atoms in total. The lowest BCUT2D eigenvalue weighted by molar-refractivity contribution is -0.120. The summed E-state index contributed by atoms with van der Waals surface area (Å²) < 4.78 is 31.9. The van der Waals surface area contributed by atoms with Gasteiger partial charge in [-0.05, 0) is 61.7 Å². The summed E-state index contributed by atoms with van der Waals surface area (Å²) >= 11 is 1.34. The number of hydrogen-bond acceptors (Lipinski definition) is 7. The largest absolute Gasteiger partial charge is 0.454 e. The van der Waals surface area contributed by atoms with Gasteiger partial charge in [-0.1, -0.05) is 17.8 Å². The molecule has 0 saturated carbocycles. The minimum Gasteiger partial charge on any atom is -0.454 e. The van der Waals surface area contributed by atoms with Crippen molar-refractivity contribution in [3.05, 3.63) is 53.8 Å². The van der Waals surface area contributed by atoms with Crippen molar-refractivity contribution < 1.29 is 23.4 Å². The average molecular weight is 485 g/mol. The third-order valence-corrected chi connectivity index (χ3v) is 6.87. The monoisotopic (exact) mass is 484 g/mol. The van der Waals surface area contributed by atoms with Crippen LogP contribution in [0, 0.1) is 5.82 Å². The van der Waals surface area contributed by atoms with E-state index in [4.69, 9.17) is 14.2 Å². The molecule has 34 heavy (non-hydrogen) atoms. The predicted molar refractivity (Wildman–Crippen MR) is 124 cm³/mol. The number of aromatic nitrogens is 3. The topological polar surface area (TPSA) is 87.5 Å². The van der Waals surface area contributed by atoms with Gasteiger partial charge in [-0.25, -0.2) is 4.39 Å². The first kappa shape index (κ1) is 22.7. The minimum absolute atomic E-state index is 0.0599. The molecule has 178 valence electrons. The van der Waals surface area contributed by atoms with E-state index in [1.807, 2.05) is 29.7 Å². The lowest BCUT2D eigenvalue weighted by Crippen LogP contribution is -2.30. The van der Waals surface area contributed by atoms with Crippen LogP contribution in [-0.2, 0) is 22.6 Å².